The smallest absolute Gasteiger partial charge is 0.226 e. The molecule has 0 aliphatic carbocycles. The third-order valence-corrected chi connectivity index (χ3v) is 4.18. The minimum absolute atomic E-state index is 0.169. The van der Waals surface area contributed by atoms with Crippen molar-refractivity contribution in [2.24, 2.45) is 5.41 Å². The average Bonchev–Trinajstić information content (AvgIpc) is 2.32. The van der Waals surface area contributed by atoms with E-state index in [0.717, 1.165) is 45.2 Å². The number of nitrogens with one attached hydrogen (secondary N) is 1. The lowest BCUT2D eigenvalue weighted by molar-refractivity contribution is -0.131. The maximum atomic E-state index is 12.3. The molecule has 1 aliphatic rings. The number of hydrogen-bond donors (Lipinski definition) is 1. The molecule has 0 aromatic rings. The molecule has 0 radical (unpaired) electrons. The van der Waals surface area contributed by atoms with Gasteiger partial charge >= 0.3 is 0 Å². The Balaban J connectivity index is 2.47. The predicted molar refractivity (Wildman–Crippen MR) is 72.0 cm³/mol. The first kappa shape index (κ1) is 14.5. The normalized spacial score (nSPS) is 22.1. The summed E-state index contributed by atoms with van der Waals surface area (Å²) in [6.45, 7) is 8.56. The standard InChI is InChI=1S/C14H28N2O/c1-5-9-14(3,6-2)13(17)15-12-7-10-16(4)11-8-12/h12H,5-11H2,1-4H3,(H,15,17). The van der Waals surface area contributed by atoms with Crippen LogP contribution in [0.15, 0.2) is 0 Å². The van der Waals surface area contributed by atoms with E-state index in [9.17, 15) is 4.79 Å². The van der Waals surface area contributed by atoms with E-state index < -0.39 is 0 Å². The molecular weight excluding hydrogens is 212 g/mol. The van der Waals surface area contributed by atoms with E-state index in [0.29, 0.717) is 6.04 Å². The summed E-state index contributed by atoms with van der Waals surface area (Å²) in [5.74, 6) is 0.261. The molecule has 17 heavy (non-hydrogen) atoms. The van der Waals surface area contributed by atoms with Crippen molar-refractivity contribution in [3.8, 4) is 0 Å². The fourth-order valence-corrected chi connectivity index (χ4v) is 2.52. The lowest BCUT2D eigenvalue weighted by Gasteiger charge is -2.33. The number of carbonyl (C=O) groups excluding carboxylic acids is 1. The van der Waals surface area contributed by atoms with Gasteiger partial charge in [-0.1, -0.05) is 27.2 Å². The summed E-state index contributed by atoms with van der Waals surface area (Å²) in [7, 11) is 2.14. The van der Waals surface area contributed by atoms with Gasteiger partial charge in [-0.05, 0) is 45.8 Å². The van der Waals surface area contributed by atoms with Crippen molar-refractivity contribution in [3.05, 3.63) is 0 Å². The number of amides is 1. The summed E-state index contributed by atoms with van der Waals surface area (Å²) in [4.78, 5) is 14.6. The number of likely N-dealkylation sites (tertiary alicyclic amines) is 1. The molecule has 1 fully saturated rings. The van der Waals surface area contributed by atoms with Crippen LogP contribution >= 0.6 is 0 Å². The second-order valence-electron chi connectivity index (χ2n) is 5.72. The van der Waals surface area contributed by atoms with Crippen molar-refractivity contribution in [1.29, 1.82) is 0 Å². The van der Waals surface area contributed by atoms with Crippen LogP contribution in [0, 0.1) is 5.41 Å². The summed E-state index contributed by atoms with van der Waals surface area (Å²) in [6.07, 6.45) is 5.18. The van der Waals surface area contributed by atoms with Gasteiger partial charge in [0.25, 0.3) is 0 Å². The third-order valence-electron chi connectivity index (χ3n) is 4.18. The van der Waals surface area contributed by atoms with Gasteiger partial charge in [0.15, 0.2) is 0 Å². The molecule has 0 spiro atoms. The Morgan fingerprint density at radius 1 is 1.35 bits per heavy atom. The Labute approximate surface area is 106 Å². The van der Waals surface area contributed by atoms with E-state index in [1.165, 1.54) is 0 Å². The van der Waals surface area contributed by atoms with Gasteiger partial charge in [0.05, 0.1) is 0 Å². The topological polar surface area (TPSA) is 32.3 Å². The van der Waals surface area contributed by atoms with Crippen molar-refractivity contribution in [2.75, 3.05) is 20.1 Å². The molecule has 1 heterocycles. The lowest BCUT2D eigenvalue weighted by Crippen LogP contribution is -2.48. The van der Waals surface area contributed by atoms with Crippen LogP contribution < -0.4 is 5.32 Å². The molecule has 1 unspecified atom stereocenters. The highest BCUT2D eigenvalue weighted by Gasteiger charge is 2.32. The first-order valence-electron chi connectivity index (χ1n) is 7.01. The van der Waals surface area contributed by atoms with Gasteiger partial charge in [0.1, 0.15) is 0 Å². The van der Waals surface area contributed by atoms with Gasteiger partial charge in [-0.3, -0.25) is 4.79 Å². The average molecular weight is 240 g/mol. The molecule has 1 rings (SSSR count). The minimum Gasteiger partial charge on any atom is -0.353 e. The zero-order valence-electron chi connectivity index (χ0n) is 11.9. The number of nitrogens with zero attached hydrogens (tertiary/aromatic N) is 1. The Morgan fingerprint density at radius 2 is 1.94 bits per heavy atom. The highest BCUT2D eigenvalue weighted by atomic mass is 16.2. The molecule has 0 saturated carbocycles. The summed E-state index contributed by atoms with van der Waals surface area (Å²) < 4.78 is 0. The van der Waals surface area contributed by atoms with Crippen LogP contribution in [0.25, 0.3) is 0 Å². The van der Waals surface area contributed by atoms with Gasteiger partial charge in [-0.2, -0.15) is 0 Å². The number of carbonyl (C=O) groups is 1. The SMILES string of the molecule is CCCC(C)(CC)C(=O)NC1CCN(C)CC1. The summed E-state index contributed by atoms with van der Waals surface area (Å²) in [5, 5.41) is 3.25. The van der Waals surface area contributed by atoms with E-state index in [1.54, 1.807) is 0 Å². The fraction of sp³-hybridized carbons (Fsp3) is 0.929. The van der Waals surface area contributed by atoms with Gasteiger partial charge in [0, 0.05) is 11.5 Å². The van der Waals surface area contributed by atoms with E-state index in [-0.39, 0.29) is 11.3 Å². The molecule has 1 N–H and O–H groups in total. The van der Waals surface area contributed by atoms with E-state index in [4.69, 9.17) is 0 Å². The summed E-state index contributed by atoms with van der Waals surface area (Å²) in [6, 6.07) is 0.390. The molecule has 1 amide bonds. The Bertz CT molecular complexity index is 247. The zero-order valence-corrected chi connectivity index (χ0v) is 11.9. The molecule has 1 saturated heterocycles. The van der Waals surface area contributed by atoms with Gasteiger partial charge in [0.2, 0.25) is 5.91 Å². The Kier molecular flexibility index (Phi) is 5.44. The van der Waals surface area contributed by atoms with E-state index >= 15 is 0 Å². The van der Waals surface area contributed by atoms with Crippen LogP contribution in [0.3, 0.4) is 0 Å². The molecule has 0 bridgehead atoms. The van der Waals surface area contributed by atoms with Crippen molar-refractivity contribution >= 4 is 5.91 Å². The molecule has 3 heteroatoms. The van der Waals surface area contributed by atoms with Crippen molar-refractivity contribution in [1.82, 2.24) is 10.2 Å². The quantitative estimate of drug-likeness (QED) is 0.800. The van der Waals surface area contributed by atoms with Gasteiger partial charge in [-0.25, -0.2) is 0 Å². The molecule has 0 aromatic carbocycles. The Morgan fingerprint density at radius 3 is 2.41 bits per heavy atom. The van der Waals surface area contributed by atoms with Crippen LogP contribution in [-0.2, 0) is 4.79 Å². The van der Waals surface area contributed by atoms with Crippen LogP contribution in [0.4, 0.5) is 0 Å². The first-order chi connectivity index (χ1) is 8.01. The van der Waals surface area contributed by atoms with Crippen molar-refractivity contribution in [2.45, 2.75) is 58.9 Å². The molecule has 3 nitrogen and oxygen atoms in total. The largest absolute Gasteiger partial charge is 0.353 e. The van der Waals surface area contributed by atoms with E-state index in [1.807, 2.05) is 0 Å². The van der Waals surface area contributed by atoms with Crippen molar-refractivity contribution in [3.63, 3.8) is 0 Å². The zero-order chi connectivity index (χ0) is 12.9. The lowest BCUT2D eigenvalue weighted by atomic mass is 9.81. The minimum atomic E-state index is -0.169. The molecule has 1 atom stereocenters. The monoisotopic (exact) mass is 240 g/mol. The second kappa shape index (κ2) is 6.39. The summed E-state index contributed by atoms with van der Waals surface area (Å²) >= 11 is 0. The first-order valence-corrected chi connectivity index (χ1v) is 7.01. The molecule has 100 valence electrons. The van der Waals surface area contributed by atoms with E-state index in [2.05, 4.69) is 38.0 Å². The number of piperidine rings is 1. The Hall–Kier alpha value is -0.570. The van der Waals surface area contributed by atoms with Crippen LogP contribution in [0.1, 0.15) is 52.9 Å². The molecule has 1 aliphatic heterocycles. The number of rotatable bonds is 5. The number of hydrogen-bond acceptors (Lipinski definition) is 2. The van der Waals surface area contributed by atoms with Crippen molar-refractivity contribution < 1.29 is 4.79 Å². The third kappa shape index (κ3) is 3.98. The summed E-state index contributed by atoms with van der Waals surface area (Å²) in [5.41, 5.74) is -0.169. The maximum absolute atomic E-state index is 12.3. The van der Waals surface area contributed by atoms with Gasteiger partial charge in [-0.15, -0.1) is 0 Å². The molecule has 0 aromatic heterocycles. The van der Waals surface area contributed by atoms with Gasteiger partial charge < -0.3 is 10.2 Å². The maximum Gasteiger partial charge on any atom is 0.226 e. The predicted octanol–water partition coefficient (Wildman–Crippen LogP) is 2.41. The highest BCUT2D eigenvalue weighted by molar-refractivity contribution is 5.82. The highest BCUT2D eigenvalue weighted by Crippen LogP contribution is 2.28. The second-order valence-corrected chi connectivity index (χ2v) is 5.72. The fourth-order valence-electron chi connectivity index (χ4n) is 2.52. The van der Waals surface area contributed by atoms with Crippen LogP contribution in [0.2, 0.25) is 0 Å². The molecular formula is C14H28N2O. The van der Waals surface area contributed by atoms with Crippen LogP contribution in [0.5, 0.6) is 0 Å². The van der Waals surface area contributed by atoms with Crippen LogP contribution in [-0.4, -0.2) is 37.0 Å².